The number of rotatable bonds is 59. The van der Waals surface area contributed by atoms with Crippen molar-refractivity contribution in [3.63, 3.8) is 0 Å². The molecule has 0 saturated carbocycles. The summed E-state index contributed by atoms with van der Waals surface area (Å²) in [4.78, 5) is 24.5. The lowest BCUT2D eigenvalue weighted by Gasteiger charge is -2.20. The molecule has 6 heteroatoms. The Morgan fingerprint density at radius 2 is 0.671 bits per heavy atom. The Labute approximate surface area is 437 Å². The van der Waals surface area contributed by atoms with Crippen LogP contribution in [0.5, 0.6) is 0 Å². The smallest absolute Gasteiger partial charge is 0.305 e. The molecule has 0 aromatic carbocycles. The first-order valence-electron chi connectivity index (χ1n) is 31.6. The molecule has 0 radical (unpaired) electrons. The van der Waals surface area contributed by atoms with E-state index in [1.807, 2.05) is 6.08 Å². The maximum atomic E-state index is 12.5. The van der Waals surface area contributed by atoms with Crippen LogP contribution in [0.25, 0.3) is 0 Å². The van der Waals surface area contributed by atoms with E-state index in [-0.39, 0.29) is 18.5 Å². The van der Waals surface area contributed by atoms with Gasteiger partial charge in [-0.2, -0.15) is 0 Å². The van der Waals surface area contributed by atoms with Crippen LogP contribution in [0.2, 0.25) is 0 Å². The molecule has 0 bridgehead atoms. The normalized spacial score (nSPS) is 12.7. The Morgan fingerprint density at radius 1 is 0.386 bits per heavy atom. The fourth-order valence-electron chi connectivity index (χ4n) is 9.87. The molecule has 2 unspecified atom stereocenters. The standard InChI is InChI=1S/C64H123NO5/c1-3-5-7-9-11-13-15-17-18-19-27-30-33-36-40-44-48-52-56-62(67)61(60-66)65-63(68)57-53-49-45-41-37-34-31-28-25-23-21-20-22-24-26-29-32-35-39-43-47-51-55-59-70-64(69)58-54-50-46-42-38-16-14-12-10-8-6-4-2/h23,25,52,56,61-62,66-67H,3-22,24,26-51,53-55,57-60H2,1-2H3,(H,65,68)/b25-23-,56-52+. The maximum absolute atomic E-state index is 12.5. The fraction of sp³-hybridized carbons (Fsp3) is 0.906. The Balaban J connectivity index is 3.44. The molecule has 0 fully saturated rings. The molecule has 0 rings (SSSR count). The second kappa shape index (κ2) is 59.9. The van der Waals surface area contributed by atoms with Gasteiger partial charge < -0.3 is 20.3 Å². The third-order valence-corrected chi connectivity index (χ3v) is 14.7. The monoisotopic (exact) mass is 986 g/mol. The average molecular weight is 987 g/mol. The van der Waals surface area contributed by atoms with Gasteiger partial charge in [-0.3, -0.25) is 9.59 Å². The van der Waals surface area contributed by atoms with Gasteiger partial charge in [-0.15, -0.1) is 0 Å². The van der Waals surface area contributed by atoms with Crippen LogP contribution in [0.4, 0.5) is 0 Å². The van der Waals surface area contributed by atoms with Crippen LogP contribution in [-0.4, -0.2) is 47.4 Å². The summed E-state index contributed by atoms with van der Waals surface area (Å²) in [6, 6.07) is -0.632. The van der Waals surface area contributed by atoms with E-state index in [4.69, 9.17) is 4.74 Å². The lowest BCUT2D eigenvalue weighted by atomic mass is 10.0. The van der Waals surface area contributed by atoms with Crippen molar-refractivity contribution in [3.05, 3.63) is 24.3 Å². The van der Waals surface area contributed by atoms with Crippen molar-refractivity contribution in [2.24, 2.45) is 0 Å². The SMILES string of the molecule is CCCCCCCCCCCCCCCCCC/C=C/C(O)C(CO)NC(=O)CCCCCCCCC/C=C\CCCCCCCCCCCCCCOC(=O)CCCCCCCCCCCCCC. The summed E-state index contributed by atoms with van der Waals surface area (Å²) in [7, 11) is 0. The zero-order valence-corrected chi connectivity index (χ0v) is 47.3. The Morgan fingerprint density at radius 3 is 1.01 bits per heavy atom. The molecular weight excluding hydrogens is 863 g/mol. The van der Waals surface area contributed by atoms with Crippen molar-refractivity contribution in [2.45, 2.75) is 360 Å². The lowest BCUT2D eigenvalue weighted by molar-refractivity contribution is -0.143. The number of hydrogen-bond acceptors (Lipinski definition) is 5. The molecule has 1 amide bonds. The van der Waals surface area contributed by atoms with Gasteiger partial charge in [0.25, 0.3) is 0 Å². The number of esters is 1. The molecule has 0 spiro atoms. The number of unbranched alkanes of at least 4 members (excludes halogenated alkanes) is 46. The van der Waals surface area contributed by atoms with Crippen molar-refractivity contribution in [1.82, 2.24) is 5.32 Å². The molecule has 0 heterocycles. The van der Waals surface area contributed by atoms with Gasteiger partial charge in [0.2, 0.25) is 5.91 Å². The molecule has 0 aromatic rings. The predicted molar refractivity (Wildman–Crippen MR) is 306 cm³/mol. The van der Waals surface area contributed by atoms with Gasteiger partial charge in [0.1, 0.15) is 0 Å². The minimum Gasteiger partial charge on any atom is -0.466 e. The van der Waals surface area contributed by atoms with Crippen molar-refractivity contribution in [2.75, 3.05) is 13.2 Å². The summed E-state index contributed by atoms with van der Waals surface area (Å²) in [5, 5.41) is 23.2. The van der Waals surface area contributed by atoms with Crippen molar-refractivity contribution in [3.8, 4) is 0 Å². The molecule has 0 aliphatic carbocycles. The van der Waals surface area contributed by atoms with Gasteiger partial charge in [0, 0.05) is 12.8 Å². The van der Waals surface area contributed by atoms with Crippen LogP contribution in [-0.2, 0) is 14.3 Å². The minimum atomic E-state index is -0.848. The number of amides is 1. The number of hydrogen-bond donors (Lipinski definition) is 3. The summed E-state index contributed by atoms with van der Waals surface area (Å²) in [6.45, 7) is 4.92. The number of carbonyl (C=O) groups is 2. The highest BCUT2D eigenvalue weighted by molar-refractivity contribution is 5.76. The van der Waals surface area contributed by atoms with Crippen LogP contribution in [0.3, 0.4) is 0 Å². The molecule has 0 saturated heterocycles. The van der Waals surface area contributed by atoms with Gasteiger partial charge in [-0.25, -0.2) is 0 Å². The van der Waals surface area contributed by atoms with Gasteiger partial charge in [-0.1, -0.05) is 301 Å². The minimum absolute atomic E-state index is 0.0120. The second-order valence-corrected chi connectivity index (χ2v) is 21.7. The first-order chi connectivity index (χ1) is 34.5. The highest BCUT2D eigenvalue weighted by Gasteiger charge is 2.18. The summed E-state index contributed by atoms with van der Waals surface area (Å²) < 4.78 is 5.47. The van der Waals surface area contributed by atoms with Gasteiger partial charge in [-0.05, 0) is 57.8 Å². The zero-order valence-electron chi connectivity index (χ0n) is 47.3. The third kappa shape index (κ3) is 55.7. The summed E-state index contributed by atoms with van der Waals surface area (Å²) in [5.74, 6) is -0.0597. The number of nitrogens with one attached hydrogen (secondary N) is 1. The van der Waals surface area contributed by atoms with Crippen LogP contribution < -0.4 is 5.32 Å². The Bertz CT molecular complexity index is 1090. The summed E-state index contributed by atoms with van der Waals surface area (Å²) in [6.07, 6.45) is 73.6. The molecule has 414 valence electrons. The number of aliphatic hydroxyl groups excluding tert-OH is 2. The largest absolute Gasteiger partial charge is 0.466 e. The zero-order chi connectivity index (χ0) is 50.7. The second-order valence-electron chi connectivity index (χ2n) is 21.7. The van der Waals surface area contributed by atoms with Crippen LogP contribution in [0, 0.1) is 0 Å². The van der Waals surface area contributed by atoms with E-state index in [1.54, 1.807) is 6.08 Å². The number of aliphatic hydroxyl groups is 2. The maximum Gasteiger partial charge on any atom is 0.305 e. The molecule has 70 heavy (non-hydrogen) atoms. The summed E-state index contributed by atoms with van der Waals surface area (Å²) >= 11 is 0. The van der Waals surface area contributed by atoms with E-state index in [2.05, 4.69) is 31.3 Å². The highest BCUT2D eigenvalue weighted by Crippen LogP contribution is 2.17. The van der Waals surface area contributed by atoms with Crippen LogP contribution in [0.15, 0.2) is 24.3 Å². The van der Waals surface area contributed by atoms with Crippen molar-refractivity contribution >= 4 is 11.9 Å². The Hall–Kier alpha value is -1.66. The van der Waals surface area contributed by atoms with E-state index in [0.717, 1.165) is 44.9 Å². The first-order valence-corrected chi connectivity index (χ1v) is 31.6. The van der Waals surface area contributed by atoms with Gasteiger partial charge >= 0.3 is 5.97 Å². The topological polar surface area (TPSA) is 95.9 Å². The molecular formula is C64H123NO5. The number of ether oxygens (including phenoxy) is 1. The van der Waals surface area contributed by atoms with Crippen molar-refractivity contribution in [1.29, 1.82) is 0 Å². The van der Waals surface area contributed by atoms with E-state index >= 15 is 0 Å². The number of carbonyl (C=O) groups excluding carboxylic acids is 2. The van der Waals surface area contributed by atoms with E-state index in [1.165, 1.54) is 276 Å². The molecule has 3 N–H and O–H groups in total. The fourth-order valence-corrected chi connectivity index (χ4v) is 9.87. The molecule has 0 aliphatic heterocycles. The van der Waals surface area contributed by atoms with Crippen molar-refractivity contribution < 1.29 is 24.5 Å². The first kappa shape index (κ1) is 68.3. The van der Waals surface area contributed by atoms with Crippen LogP contribution >= 0.6 is 0 Å². The Kier molecular flexibility index (Phi) is 58.5. The lowest BCUT2D eigenvalue weighted by Crippen LogP contribution is -2.45. The summed E-state index contributed by atoms with van der Waals surface area (Å²) in [5.41, 5.74) is 0. The number of allylic oxidation sites excluding steroid dienone is 3. The molecule has 0 aliphatic rings. The predicted octanol–water partition coefficient (Wildman–Crippen LogP) is 19.8. The third-order valence-electron chi connectivity index (χ3n) is 14.7. The molecule has 2 atom stereocenters. The van der Waals surface area contributed by atoms with Crippen LogP contribution in [0.1, 0.15) is 348 Å². The van der Waals surface area contributed by atoms with E-state index in [9.17, 15) is 19.8 Å². The highest BCUT2D eigenvalue weighted by atomic mass is 16.5. The van der Waals surface area contributed by atoms with Gasteiger partial charge in [0.05, 0.1) is 25.4 Å². The van der Waals surface area contributed by atoms with E-state index < -0.39 is 12.1 Å². The average Bonchev–Trinajstić information content (AvgIpc) is 3.36. The molecule has 0 aromatic heterocycles. The molecule has 6 nitrogen and oxygen atoms in total. The van der Waals surface area contributed by atoms with Gasteiger partial charge in [0.15, 0.2) is 0 Å². The van der Waals surface area contributed by atoms with E-state index in [0.29, 0.717) is 19.4 Å². The quantitative estimate of drug-likeness (QED) is 0.0321.